The topological polar surface area (TPSA) is 92.7 Å². The highest BCUT2D eigenvalue weighted by atomic mass is 32.2. The van der Waals surface area contributed by atoms with Gasteiger partial charge in [0.15, 0.2) is 0 Å². The molecule has 0 amide bonds. The standard InChI is InChI=1S/C8H17NO5S/c1-8(2,14-3)6-9-15(12,13)5-4-7(10)11/h9H,4-6H2,1-3H3,(H,10,11). The number of aliphatic carboxylic acids is 1. The molecule has 0 aliphatic heterocycles. The molecule has 0 fully saturated rings. The Bertz CT molecular complexity index is 309. The minimum atomic E-state index is -3.53. The van der Waals surface area contributed by atoms with Crippen molar-refractivity contribution in [1.29, 1.82) is 0 Å². The number of sulfonamides is 1. The quantitative estimate of drug-likeness (QED) is 0.642. The van der Waals surface area contributed by atoms with Crippen LogP contribution in [-0.4, -0.2) is 44.5 Å². The summed E-state index contributed by atoms with van der Waals surface area (Å²) in [6.45, 7) is 3.57. The number of ether oxygens (including phenoxy) is 1. The van der Waals surface area contributed by atoms with E-state index in [1.165, 1.54) is 7.11 Å². The Balaban J connectivity index is 4.11. The van der Waals surface area contributed by atoms with Crippen molar-refractivity contribution in [3.63, 3.8) is 0 Å². The van der Waals surface area contributed by atoms with Gasteiger partial charge >= 0.3 is 5.97 Å². The van der Waals surface area contributed by atoms with Gasteiger partial charge in [0, 0.05) is 13.7 Å². The van der Waals surface area contributed by atoms with Crippen LogP contribution in [0.5, 0.6) is 0 Å². The van der Waals surface area contributed by atoms with E-state index in [2.05, 4.69) is 4.72 Å². The van der Waals surface area contributed by atoms with Crippen LogP contribution in [0.25, 0.3) is 0 Å². The fraction of sp³-hybridized carbons (Fsp3) is 0.875. The van der Waals surface area contributed by atoms with Gasteiger partial charge in [-0.1, -0.05) is 0 Å². The van der Waals surface area contributed by atoms with Crippen molar-refractivity contribution in [2.75, 3.05) is 19.4 Å². The van der Waals surface area contributed by atoms with Crippen LogP contribution in [0.15, 0.2) is 0 Å². The molecule has 15 heavy (non-hydrogen) atoms. The van der Waals surface area contributed by atoms with E-state index in [0.717, 1.165) is 0 Å². The molecular formula is C8H17NO5S. The second-order valence-corrected chi connectivity index (χ2v) is 5.67. The van der Waals surface area contributed by atoms with Crippen molar-refractivity contribution >= 4 is 16.0 Å². The highest BCUT2D eigenvalue weighted by molar-refractivity contribution is 7.89. The molecule has 0 radical (unpaired) electrons. The van der Waals surface area contributed by atoms with Crippen LogP contribution >= 0.6 is 0 Å². The van der Waals surface area contributed by atoms with Crippen molar-refractivity contribution in [2.45, 2.75) is 25.9 Å². The summed E-state index contributed by atoms with van der Waals surface area (Å²) in [5, 5.41) is 8.33. The van der Waals surface area contributed by atoms with Gasteiger partial charge in [0.2, 0.25) is 10.0 Å². The molecule has 0 spiro atoms. The van der Waals surface area contributed by atoms with Crippen molar-refractivity contribution in [2.24, 2.45) is 0 Å². The van der Waals surface area contributed by atoms with Gasteiger partial charge in [0.1, 0.15) is 0 Å². The maximum Gasteiger partial charge on any atom is 0.304 e. The Kier molecular flexibility index (Phi) is 5.19. The predicted molar refractivity (Wildman–Crippen MR) is 55.1 cm³/mol. The molecular weight excluding hydrogens is 222 g/mol. The molecule has 7 heteroatoms. The predicted octanol–water partition coefficient (Wildman–Crippen LogP) is -0.194. The molecule has 6 nitrogen and oxygen atoms in total. The van der Waals surface area contributed by atoms with Gasteiger partial charge in [-0.2, -0.15) is 0 Å². The molecule has 0 atom stereocenters. The lowest BCUT2D eigenvalue weighted by atomic mass is 10.1. The van der Waals surface area contributed by atoms with E-state index in [0.29, 0.717) is 0 Å². The highest BCUT2D eigenvalue weighted by Gasteiger charge is 2.20. The largest absolute Gasteiger partial charge is 0.481 e. The summed E-state index contributed by atoms with van der Waals surface area (Å²) in [7, 11) is -2.05. The Morgan fingerprint density at radius 1 is 1.47 bits per heavy atom. The van der Waals surface area contributed by atoms with Crippen LogP contribution in [0.4, 0.5) is 0 Å². The first-order valence-electron chi connectivity index (χ1n) is 4.43. The first-order valence-corrected chi connectivity index (χ1v) is 6.08. The molecule has 0 bridgehead atoms. The first-order chi connectivity index (χ1) is 6.68. The molecule has 0 saturated carbocycles. The maximum absolute atomic E-state index is 11.3. The fourth-order valence-electron chi connectivity index (χ4n) is 0.650. The zero-order valence-electron chi connectivity index (χ0n) is 9.11. The van der Waals surface area contributed by atoms with Crippen LogP contribution in [0, 0.1) is 0 Å². The van der Waals surface area contributed by atoms with Crippen molar-refractivity contribution < 1.29 is 23.1 Å². The van der Waals surface area contributed by atoms with Gasteiger partial charge in [-0.25, -0.2) is 13.1 Å². The van der Waals surface area contributed by atoms with Crippen LogP contribution in [-0.2, 0) is 19.6 Å². The second kappa shape index (κ2) is 5.43. The lowest BCUT2D eigenvalue weighted by Crippen LogP contribution is -2.40. The maximum atomic E-state index is 11.3. The molecule has 0 aromatic heterocycles. The lowest BCUT2D eigenvalue weighted by Gasteiger charge is -2.22. The minimum absolute atomic E-state index is 0.117. The third-order valence-corrected chi connectivity index (χ3v) is 3.18. The number of nitrogens with one attached hydrogen (secondary N) is 1. The minimum Gasteiger partial charge on any atom is -0.481 e. The summed E-state index contributed by atoms with van der Waals surface area (Å²) in [5.41, 5.74) is -0.601. The third kappa shape index (κ3) is 7.29. The molecule has 0 rings (SSSR count). The number of carboxylic acid groups (broad SMARTS) is 1. The van der Waals surface area contributed by atoms with Gasteiger partial charge in [-0.15, -0.1) is 0 Å². The number of carboxylic acids is 1. The Morgan fingerprint density at radius 3 is 2.40 bits per heavy atom. The monoisotopic (exact) mass is 239 g/mol. The summed E-state index contributed by atoms with van der Waals surface area (Å²) in [5.74, 6) is -1.55. The van der Waals surface area contributed by atoms with Gasteiger partial charge in [0.25, 0.3) is 0 Å². The molecule has 0 unspecified atom stereocenters. The molecule has 2 N–H and O–H groups in total. The van der Waals surface area contributed by atoms with Crippen molar-refractivity contribution in [3.05, 3.63) is 0 Å². The van der Waals surface area contributed by atoms with Crippen molar-refractivity contribution in [3.8, 4) is 0 Å². The molecule has 0 aromatic rings. The number of methoxy groups -OCH3 is 1. The van der Waals surface area contributed by atoms with Gasteiger partial charge < -0.3 is 9.84 Å². The zero-order chi connectivity index (χ0) is 12.1. The van der Waals surface area contributed by atoms with Gasteiger partial charge in [0.05, 0.1) is 17.8 Å². The molecule has 0 aromatic carbocycles. The number of hydrogen-bond acceptors (Lipinski definition) is 4. The van der Waals surface area contributed by atoms with Crippen molar-refractivity contribution in [1.82, 2.24) is 4.72 Å². The van der Waals surface area contributed by atoms with E-state index in [1.54, 1.807) is 13.8 Å². The van der Waals surface area contributed by atoms with E-state index in [-0.39, 0.29) is 6.54 Å². The fourth-order valence-corrected chi connectivity index (χ4v) is 1.80. The van der Waals surface area contributed by atoms with E-state index in [1.807, 2.05) is 0 Å². The van der Waals surface area contributed by atoms with E-state index >= 15 is 0 Å². The van der Waals surface area contributed by atoms with Gasteiger partial charge in [-0.05, 0) is 13.8 Å². The number of rotatable bonds is 7. The average Bonchev–Trinajstić information content (AvgIpc) is 2.13. The van der Waals surface area contributed by atoms with Gasteiger partial charge in [-0.3, -0.25) is 4.79 Å². The molecule has 0 heterocycles. The number of carbonyl (C=O) groups is 1. The molecule has 90 valence electrons. The van der Waals surface area contributed by atoms with Crippen LogP contribution < -0.4 is 4.72 Å². The summed E-state index contributed by atoms with van der Waals surface area (Å²) in [6.07, 6.45) is -0.400. The smallest absolute Gasteiger partial charge is 0.304 e. The summed E-state index contributed by atoms with van der Waals surface area (Å²) in [4.78, 5) is 10.2. The molecule has 0 aliphatic carbocycles. The summed E-state index contributed by atoms with van der Waals surface area (Å²) in [6, 6.07) is 0. The van der Waals surface area contributed by atoms with Crippen LogP contribution in [0.3, 0.4) is 0 Å². The molecule has 0 aliphatic rings. The Hall–Kier alpha value is -0.660. The summed E-state index contributed by atoms with van der Waals surface area (Å²) < 4.78 is 29.8. The third-order valence-electron chi connectivity index (χ3n) is 1.86. The SMILES string of the molecule is COC(C)(C)CNS(=O)(=O)CCC(=O)O. The van der Waals surface area contributed by atoms with Crippen LogP contribution in [0.1, 0.15) is 20.3 Å². The summed E-state index contributed by atoms with van der Waals surface area (Å²) >= 11 is 0. The Morgan fingerprint density at radius 2 is 2.00 bits per heavy atom. The molecule has 0 saturated heterocycles. The first kappa shape index (κ1) is 14.3. The van der Waals surface area contributed by atoms with E-state index in [4.69, 9.17) is 9.84 Å². The second-order valence-electron chi connectivity index (χ2n) is 3.75. The normalized spacial score (nSPS) is 12.7. The highest BCUT2D eigenvalue weighted by Crippen LogP contribution is 2.05. The van der Waals surface area contributed by atoms with E-state index < -0.39 is 33.8 Å². The Labute approximate surface area is 89.7 Å². The average molecular weight is 239 g/mol. The zero-order valence-corrected chi connectivity index (χ0v) is 9.93. The van der Waals surface area contributed by atoms with Crippen LogP contribution in [0.2, 0.25) is 0 Å². The van der Waals surface area contributed by atoms with E-state index in [9.17, 15) is 13.2 Å². The lowest BCUT2D eigenvalue weighted by molar-refractivity contribution is -0.136. The number of hydrogen-bond donors (Lipinski definition) is 2.